The van der Waals surface area contributed by atoms with Crippen molar-refractivity contribution in [2.45, 2.75) is 30.8 Å². The maximum absolute atomic E-state index is 12.2. The second kappa shape index (κ2) is 10.3. The van der Waals surface area contributed by atoms with Gasteiger partial charge in [0, 0.05) is 25.8 Å². The number of benzene rings is 1. The highest BCUT2D eigenvalue weighted by Gasteiger charge is 2.17. The van der Waals surface area contributed by atoms with Crippen molar-refractivity contribution >= 4 is 44.9 Å². The lowest BCUT2D eigenvalue weighted by Gasteiger charge is -2.14. The zero-order chi connectivity index (χ0) is 20.6. The van der Waals surface area contributed by atoms with E-state index in [1.807, 2.05) is 0 Å². The van der Waals surface area contributed by atoms with Crippen molar-refractivity contribution in [3.8, 4) is 0 Å². The molecule has 2 rings (SSSR count). The highest BCUT2D eigenvalue weighted by molar-refractivity contribution is 7.89. The SMILES string of the molecule is CC(=O)Nc1ccc(S(=O)(=O)NCC(=O)NNC(=S)NC[C@H]2CCCO2)cc1. The van der Waals surface area contributed by atoms with Crippen LogP contribution in [0.15, 0.2) is 29.2 Å². The van der Waals surface area contributed by atoms with Gasteiger partial charge in [0.2, 0.25) is 15.9 Å². The monoisotopic (exact) mass is 429 g/mol. The predicted molar refractivity (Wildman–Crippen MR) is 107 cm³/mol. The van der Waals surface area contributed by atoms with E-state index in [1.54, 1.807) is 0 Å². The Bertz CT molecular complexity index is 807. The van der Waals surface area contributed by atoms with Crippen molar-refractivity contribution in [2.24, 2.45) is 0 Å². The summed E-state index contributed by atoms with van der Waals surface area (Å²) in [5.74, 6) is -0.874. The molecule has 1 saturated heterocycles. The quantitative estimate of drug-likeness (QED) is 0.292. The number of ether oxygens (including phenoxy) is 1. The molecule has 1 aliphatic rings. The Morgan fingerprint density at radius 2 is 1.93 bits per heavy atom. The van der Waals surface area contributed by atoms with Crippen molar-refractivity contribution in [3.05, 3.63) is 24.3 Å². The molecule has 0 aromatic heterocycles. The Labute approximate surface area is 168 Å². The van der Waals surface area contributed by atoms with Crippen LogP contribution < -0.4 is 26.2 Å². The highest BCUT2D eigenvalue weighted by atomic mass is 32.2. The third-order valence-corrected chi connectivity index (χ3v) is 5.40. The molecule has 12 heteroatoms. The van der Waals surface area contributed by atoms with E-state index in [1.165, 1.54) is 31.2 Å². The molecule has 1 aromatic carbocycles. The molecular weight excluding hydrogens is 406 g/mol. The third-order valence-electron chi connectivity index (χ3n) is 3.74. The van der Waals surface area contributed by atoms with E-state index in [4.69, 9.17) is 17.0 Å². The van der Waals surface area contributed by atoms with Gasteiger partial charge in [-0.25, -0.2) is 13.1 Å². The molecule has 10 nitrogen and oxygen atoms in total. The van der Waals surface area contributed by atoms with Crippen LogP contribution in [0.25, 0.3) is 0 Å². The summed E-state index contributed by atoms with van der Waals surface area (Å²) in [6.45, 7) is 2.14. The molecule has 5 N–H and O–H groups in total. The molecule has 1 aromatic rings. The van der Waals surface area contributed by atoms with Crippen LogP contribution in [-0.2, 0) is 24.3 Å². The Kier molecular flexibility index (Phi) is 8.11. The average molecular weight is 430 g/mol. The number of carbonyl (C=O) groups is 2. The number of thiocarbonyl (C=S) groups is 1. The van der Waals surface area contributed by atoms with Crippen LogP contribution in [0, 0.1) is 0 Å². The van der Waals surface area contributed by atoms with Gasteiger partial charge in [0.05, 0.1) is 17.5 Å². The number of rotatable bonds is 7. The number of hydrogen-bond acceptors (Lipinski definition) is 6. The van der Waals surface area contributed by atoms with E-state index >= 15 is 0 Å². The van der Waals surface area contributed by atoms with Crippen molar-refractivity contribution in [1.29, 1.82) is 0 Å². The standard InChI is InChI=1S/C16H23N5O5S2/c1-11(22)19-12-4-6-14(7-5-12)28(24,25)18-10-15(23)20-21-16(27)17-9-13-3-2-8-26-13/h4-7,13,18H,2-3,8-10H2,1H3,(H,19,22)(H,20,23)(H2,17,21,27)/t13-/m1/s1. The Morgan fingerprint density at radius 3 is 2.54 bits per heavy atom. The first-order chi connectivity index (χ1) is 13.3. The zero-order valence-electron chi connectivity index (χ0n) is 15.3. The topological polar surface area (TPSA) is 138 Å². The Morgan fingerprint density at radius 1 is 1.21 bits per heavy atom. The fourth-order valence-corrected chi connectivity index (χ4v) is 3.51. The van der Waals surface area contributed by atoms with Gasteiger partial charge in [-0.05, 0) is 49.3 Å². The number of nitrogens with one attached hydrogen (secondary N) is 5. The molecule has 1 fully saturated rings. The number of carbonyl (C=O) groups excluding carboxylic acids is 2. The molecule has 0 aliphatic carbocycles. The maximum atomic E-state index is 12.2. The first-order valence-corrected chi connectivity index (χ1v) is 10.5. The first-order valence-electron chi connectivity index (χ1n) is 8.58. The van der Waals surface area contributed by atoms with E-state index in [2.05, 4.69) is 26.2 Å². The lowest BCUT2D eigenvalue weighted by molar-refractivity contribution is -0.120. The van der Waals surface area contributed by atoms with Gasteiger partial charge < -0.3 is 15.4 Å². The summed E-state index contributed by atoms with van der Waals surface area (Å²) < 4.78 is 32.0. The number of sulfonamides is 1. The van der Waals surface area contributed by atoms with Gasteiger partial charge in [0.1, 0.15) is 0 Å². The van der Waals surface area contributed by atoms with Crippen molar-refractivity contribution in [2.75, 3.05) is 25.0 Å². The molecule has 28 heavy (non-hydrogen) atoms. The predicted octanol–water partition coefficient (Wildman–Crippen LogP) is -0.402. The molecule has 0 radical (unpaired) electrons. The molecule has 1 aliphatic heterocycles. The number of hydrogen-bond donors (Lipinski definition) is 5. The summed E-state index contributed by atoms with van der Waals surface area (Å²) in [6.07, 6.45) is 2.06. The molecule has 2 amide bonds. The van der Waals surface area contributed by atoms with Crippen LogP contribution in [0.2, 0.25) is 0 Å². The van der Waals surface area contributed by atoms with Gasteiger partial charge in [-0.2, -0.15) is 0 Å². The van der Waals surface area contributed by atoms with Crippen LogP contribution in [0.3, 0.4) is 0 Å². The molecule has 0 unspecified atom stereocenters. The molecule has 0 bridgehead atoms. The van der Waals surface area contributed by atoms with E-state index in [0.29, 0.717) is 12.2 Å². The average Bonchev–Trinajstić information content (AvgIpc) is 3.16. The van der Waals surface area contributed by atoms with Crippen molar-refractivity contribution in [1.82, 2.24) is 20.9 Å². The summed E-state index contributed by atoms with van der Waals surface area (Å²) in [7, 11) is -3.88. The molecule has 154 valence electrons. The lowest BCUT2D eigenvalue weighted by atomic mass is 10.2. The van der Waals surface area contributed by atoms with E-state index in [-0.39, 0.29) is 22.0 Å². The maximum Gasteiger partial charge on any atom is 0.253 e. The number of hydrazine groups is 1. The molecule has 1 atom stereocenters. The summed E-state index contributed by atoms with van der Waals surface area (Å²) in [5.41, 5.74) is 5.27. The van der Waals surface area contributed by atoms with Gasteiger partial charge in [-0.1, -0.05) is 0 Å². The largest absolute Gasteiger partial charge is 0.376 e. The van der Waals surface area contributed by atoms with Gasteiger partial charge in [-0.3, -0.25) is 20.4 Å². The minimum Gasteiger partial charge on any atom is -0.376 e. The van der Waals surface area contributed by atoms with E-state index < -0.39 is 22.5 Å². The fraction of sp³-hybridized carbons (Fsp3) is 0.438. The third kappa shape index (κ3) is 7.38. The van der Waals surface area contributed by atoms with Gasteiger partial charge in [0.25, 0.3) is 5.91 Å². The second-order valence-electron chi connectivity index (χ2n) is 6.05. The molecule has 1 heterocycles. The van der Waals surface area contributed by atoms with Crippen LogP contribution in [0.1, 0.15) is 19.8 Å². The number of anilines is 1. The summed E-state index contributed by atoms with van der Waals surface area (Å²) in [4.78, 5) is 22.7. The smallest absolute Gasteiger partial charge is 0.253 e. The minimum atomic E-state index is -3.88. The van der Waals surface area contributed by atoms with Gasteiger partial charge in [0.15, 0.2) is 5.11 Å². The zero-order valence-corrected chi connectivity index (χ0v) is 16.9. The minimum absolute atomic E-state index is 0.0314. The van der Waals surface area contributed by atoms with Crippen molar-refractivity contribution in [3.63, 3.8) is 0 Å². The number of amides is 2. The fourth-order valence-electron chi connectivity index (χ4n) is 2.39. The van der Waals surface area contributed by atoms with Crippen LogP contribution in [0.4, 0.5) is 5.69 Å². The first kappa shape index (κ1) is 22.0. The summed E-state index contributed by atoms with van der Waals surface area (Å²) in [5, 5.41) is 5.65. The summed E-state index contributed by atoms with van der Waals surface area (Å²) in [6, 6.07) is 5.56. The van der Waals surface area contributed by atoms with E-state index in [0.717, 1.165) is 19.4 Å². The van der Waals surface area contributed by atoms with Gasteiger partial charge >= 0.3 is 0 Å². The molecule has 0 spiro atoms. The van der Waals surface area contributed by atoms with Crippen LogP contribution in [-0.4, -0.2) is 51.1 Å². The Hall–Kier alpha value is -2.28. The van der Waals surface area contributed by atoms with E-state index in [9.17, 15) is 18.0 Å². The van der Waals surface area contributed by atoms with Gasteiger partial charge in [-0.15, -0.1) is 0 Å². The molecule has 0 saturated carbocycles. The lowest BCUT2D eigenvalue weighted by Crippen LogP contribution is -2.50. The molecular formula is C16H23N5O5S2. The van der Waals surface area contributed by atoms with Crippen molar-refractivity contribution < 1.29 is 22.7 Å². The highest BCUT2D eigenvalue weighted by Crippen LogP contribution is 2.13. The van der Waals surface area contributed by atoms with Crippen LogP contribution in [0.5, 0.6) is 0 Å². The normalized spacial score (nSPS) is 16.2. The second-order valence-corrected chi connectivity index (χ2v) is 8.22. The van der Waals surface area contributed by atoms with Crippen LogP contribution >= 0.6 is 12.2 Å². The summed E-state index contributed by atoms with van der Waals surface area (Å²) >= 11 is 5.02. The Balaban J connectivity index is 1.72.